The Labute approximate surface area is 87.5 Å². The van der Waals surface area contributed by atoms with Crippen LogP contribution in [0.4, 0.5) is 5.69 Å². The predicted octanol–water partition coefficient (Wildman–Crippen LogP) is 3.81. The highest BCUT2D eigenvalue weighted by atomic mass is 14.9. The highest BCUT2D eigenvalue weighted by molar-refractivity contribution is 5.56. The first-order chi connectivity index (χ1) is 6.70. The van der Waals surface area contributed by atoms with Gasteiger partial charge in [0.1, 0.15) is 0 Å². The Morgan fingerprint density at radius 1 is 1.14 bits per heavy atom. The molecule has 0 bridgehead atoms. The van der Waals surface area contributed by atoms with Gasteiger partial charge in [-0.15, -0.1) is 0 Å². The lowest BCUT2D eigenvalue weighted by atomic mass is 9.78. The second-order valence-electron chi connectivity index (χ2n) is 4.11. The molecule has 1 aromatic rings. The largest absolute Gasteiger partial charge is 0.385 e. The highest BCUT2D eigenvalue weighted by Crippen LogP contribution is 2.35. The maximum atomic E-state index is 3.42. The molecular formula is C13H21N. The number of rotatable bonds is 0. The van der Waals surface area contributed by atoms with Gasteiger partial charge in [-0.25, -0.2) is 0 Å². The molecule has 1 aliphatic heterocycles. The summed E-state index contributed by atoms with van der Waals surface area (Å²) in [5.41, 5.74) is 3.12. The summed E-state index contributed by atoms with van der Waals surface area (Å²) in [6, 6.07) is 8.60. The summed E-state index contributed by atoms with van der Waals surface area (Å²) < 4.78 is 0. The average molecular weight is 191 g/mol. The van der Waals surface area contributed by atoms with E-state index in [0.29, 0.717) is 5.41 Å². The third kappa shape index (κ3) is 2.09. The van der Waals surface area contributed by atoms with Crippen molar-refractivity contribution in [2.24, 2.45) is 0 Å². The van der Waals surface area contributed by atoms with Crippen LogP contribution in [0.2, 0.25) is 0 Å². The maximum Gasteiger partial charge on any atom is 0.0378 e. The Balaban J connectivity index is 0.000000461. The van der Waals surface area contributed by atoms with Gasteiger partial charge in [-0.1, -0.05) is 45.9 Å². The average Bonchev–Trinajstić information content (AvgIpc) is 2.21. The fourth-order valence-corrected chi connectivity index (χ4v) is 1.87. The van der Waals surface area contributed by atoms with E-state index in [4.69, 9.17) is 0 Å². The fourth-order valence-electron chi connectivity index (χ4n) is 1.87. The third-order valence-electron chi connectivity index (χ3n) is 2.72. The topological polar surface area (TPSA) is 12.0 Å². The summed E-state index contributed by atoms with van der Waals surface area (Å²) in [5, 5.41) is 3.42. The Morgan fingerprint density at radius 3 is 2.43 bits per heavy atom. The van der Waals surface area contributed by atoms with Crippen molar-refractivity contribution in [3.05, 3.63) is 29.8 Å². The van der Waals surface area contributed by atoms with Crippen molar-refractivity contribution in [1.82, 2.24) is 0 Å². The molecule has 1 N–H and O–H groups in total. The van der Waals surface area contributed by atoms with Gasteiger partial charge in [-0.2, -0.15) is 0 Å². The van der Waals surface area contributed by atoms with E-state index in [2.05, 4.69) is 43.4 Å². The first-order valence-corrected chi connectivity index (χ1v) is 5.53. The molecule has 1 nitrogen and oxygen atoms in total. The maximum absolute atomic E-state index is 3.42. The van der Waals surface area contributed by atoms with Crippen molar-refractivity contribution in [2.45, 2.75) is 39.5 Å². The van der Waals surface area contributed by atoms with E-state index in [-0.39, 0.29) is 0 Å². The van der Waals surface area contributed by atoms with Crippen LogP contribution >= 0.6 is 0 Å². The molecule has 78 valence electrons. The van der Waals surface area contributed by atoms with Crippen LogP contribution in [0.3, 0.4) is 0 Å². The highest BCUT2D eigenvalue weighted by Gasteiger charge is 2.26. The molecule has 0 radical (unpaired) electrons. The number of anilines is 1. The zero-order chi connectivity index (χ0) is 10.6. The van der Waals surface area contributed by atoms with Crippen molar-refractivity contribution >= 4 is 5.69 Å². The van der Waals surface area contributed by atoms with Gasteiger partial charge in [-0.3, -0.25) is 0 Å². The molecule has 0 aliphatic carbocycles. The van der Waals surface area contributed by atoms with Crippen LogP contribution in [0.5, 0.6) is 0 Å². The summed E-state index contributed by atoms with van der Waals surface area (Å²) in [5.74, 6) is 0. The summed E-state index contributed by atoms with van der Waals surface area (Å²) in [6.07, 6.45) is 1.23. The first-order valence-electron chi connectivity index (χ1n) is 5.53. The lowest BCUT2D eigenvalue weighted by molar-refractivity contribution is 0.482. The smallest absolute Gasteiger partial charge is 0.0378 e. The van der Waals surface area contributed by atoms with Crippen LogP contribution in [0.1, 0.15) is 39.7 Å². The molecular weight excluding hydrogens is 170 g/mol. The van der Waals surface area contributed by atoms with Crippen LogP contribution in [-0.2, 0) is 5.41 Å². The minimum Gasteiger partial charge on any atom is -0.385 e. The monoisotopic (exact) mass is 191 g/mol. The molecule has 0 unspecified atom stereocenters. The third-order valence-corrected chi connectivity index (χ3v) is 2.72. The van der Waals surface area contributed by atoms with Gasteiger partial charge < -0.3 is 5.32 Å². The molecule has 1 aromatic carbocycles. The van der Waals surface area contributed by atoms with E-state index < -0.39 is 0 Å². The predicted molar refractivity (Wildman–Crippen MR) is 63.9 cm³/mol. The van der Waals surface area contributed by atoms with E-state index in [1.54, 1.807) is 0 Å². The van der Waals surface area contributed by atoms with E-state index in [1.165, 1.54) is 17.7 Å². The molecule has 1 heteroatoms. The molecule has 0 fully saturated rings. The van der Waals surface area contributed by atoms with Crippen molar-refractivity contribution in [1.29, 1.82) is 0 Å². The Bertz CT molecular complexity index is 289. The van der Waals surface area contributed by atoms with Gasteiger partial charge in [0.15, 0.2) is 0 Å². The standard InChI is InChI=1S/C11H15N.C2H6/c1-11(2)7-8-12-10-6-4-3-5-9(10)11;1-2/h3-6,12H,7-8H2,1-2H3;1-2H3. The molecule has 0 saturated heterocycles. The van der Waals surface area contributed by atoms with Gasteiger partial charge >= 0.3 is 0 Å². The van der Waals surface area contributed by atoms with E-state index in [9.17, 15) is 0 Å². The minimum absolute atomic E-state index is 0.349. The lowest BCUT2D eigenvalue weighted by Crippen LogP contribution is -2.27. The van der Waals surface area contributed by atoms with Crippen molar-refractivity contribution in [2.75, 3.05) is 11.9 Å². The van der Waals surface area contributed by atoms with Gasteiger partial charge in [0, 0.05) is 12.2 Å². The summed E-state index contributed by atoms with van der Waals surface area (Å²) >= 11 is 0. The zero-order valence-corrected chi connectivity index (χ0v) is 9.72. The van der Waals surface area contributed by atoms with Crippen molar-refractivity contribution in [3.63, 3.8) is 0 Å². The molecule has 2 rings (SSSR count). The van der Waals surface area contributed by atoms with Crippen LogP contribution in [0.15, 0.2) is 24.3 Å². The zero-order valence-electron chi connectivity index (χ0n) is 9.72. The summed E-state index contributed by atoms with van der Waals surface area (Å²) in [7, 11) is 0. The molecule has 1 heterocycles. The van der Waals surface area contributed by atoms with Gasteiger partial charge in [-0.05, 0) is 23.5 Å². The van der Waals surface area contributed by atoms with E-state index >= 15 is 0 Å². The quantitative estimate of drug-likeness (QED) is 0.657. The van der Waals surface area contributed by atoms with Crippen molar-refractivity contribution < 1.29 is 0 Å². The number of benzene rings is 1. The molecule has 0 aromatic heterocycles. The second kappa shape index (κ2) is 4.50. The Hall–Kier alpha value is -0.980. The molecule has 0 amide bonds. The van der Waals surface area contributed by atoms with Crippen LogP contribution in [-0.4, -0.2) is 6.54 Å². The number of hydrogen-bond donors (Lipinski definition) is 1. The van der Waals surface area contributed by atoms with Crippen LogP contribution in [0.25, 0.3) is 0 Å². The second-order valence-corrected chi connectivity index (χ2v) is 4.11. The number of hydrogen-bond acceptors (Lipinski definition) is 1. The summed E-state index contributed by atoms with van der Waals surface area (Å²) in [6.45, 7) is 9.73. The van der Waals surface area contributed by atoms with Gasteiger partial charge in [0.05, 0.1) is 0 Å². The lowest BCUT2D eigenvalue weighted by Gasteiger charge is -2.33. The van der Waals surface area contributed by atoms with Gasteiger partial charge in [0.2, 0.25) is 0 Å². The normalized spacial score (nSPS) is 17.1. The number of fused-ring (bicyclic) bond motifs is 1. The van der Waals surface area contributed by atoms with Crippen LogP contribution < -0.4 is 5.32 Å². The number of nitrogens with one attached hydrogen (secondary N) is 1. The van der Waals surface area contributed by atoms with Crippen molar-refractivity contribution in [3.8, 4) is 0 Å². The SMILES string of the molecule is CC.CC1(C)CCNc2ccccc21. The molecule has 14 heavy (non-hydrogen) atoms. The van der Waals surface area contributed by atoms with E-state index in [0.717, 1.165) is 6.54 Å². The fraction of sp³-hybridized carbons (Fsp3) is 0.538. The molecule has 0 spiro atoms. The minimum atomic E-state index is 0.349. The molecule has 1 aliphatic rings. The van der Waals surface area contributed by atoms with E-state index in [1.807, 2.05) is 13.8 Å². The molecule has 0 atom stereocenters. The van der Waals surface area contributed by atoms with Gasteiger partial charge in [0.25, 0.3) is 0 Å². The Kier molecular flexibility index (Phi) is 3.56. The summed E-state index contributed by atoms with van der Waals surface area (Å²) in [4.78, 5) is 0. The first kappa shape index (κ1) is 11.1. The number of para-hydroxylation sites is 1. The molecule has 0 saturated carbocycles. The van der Waals surface area contributed by atoms with Crippen LogP contribution in [0, 0.1) is 0 Å². The Morgan fingerprint density at radius 2 is 1.79 bits per heavy atom.